The number of hydrogen-bond donors (Lipinski definition) is 2. The van der Waals surface area contributed by atoms with Gasteiger partial charge in [-0.1, -0.05) is 6.92 Å². The van der Waals surface area contributed by atoms with Gasteiger partial charge in [-0.3, -0.25) is 10.4 Å². The third kappa shape index (κ3) is 3.23. The van der Waals surface area contributed by atoms with Crippen LogP contribution in [-0.2, 0) is 10.0 Å². The molecule has 1 aromatic rings. The number of nitrogens with zero attached hydrogens (tertiary/aromatic N) is 2. The summed E-state index contributed by atoms with van der Waals surface area (Å²) in [7, 11) is -2.46. The van der Waals surface area contributed by atoms with Gasteiger partial charge in [0.05, 0.1) is 12.0 Å². The second kappa shape index (κ2) is 5.40. The van der Waals surface area contributed by atoms with Crippen LogP contribution >= 0.6 is 0 Å². The summed E-state index contributed by atoms with van der Waals surface area (Å²) in [6.07, 6.45) is 2.00. The van der Waals surface area contributed by atoms with Crippen molar-refractivity contribution < 1.29 is 12.8 Å². The standard InChI is InChI=1S/C10H15FN4O2S/c1-7(10(12)13)6-15(2)18(16,17)9-3-8(11)4-14-5-9/h3-5,7H,6H2,1-2H3,(H3,12,13). The number of aromatic nitrogens is 1. The van der Waals surface area contributed by atoms with Crippen molar-refractivity contribution in [3.05, 3.63) is 24.3 Å². The second-order valence-corrected chi connectivity index (χ2v) is 6.03. The molecule has 0 aliphatic carbocycles. The highest BCUT2D eigenvalue weighted by molar-refractivity contribution is 7.89. The number of pyridine rings is 1. The zero-order chi connectivity index (χ0) is 13.9. The van der Waals surface area contributed by atoms with E-state index in [1.54, 1.807) is 6.92 Å². The molecule has 0 radical (unpaired) electrons. The van der Waals surface area contributed by atoms with Crippen molar-refractivity contribution in [1.29, 1.82) is 5.41 Å². The molecule has 1 heterocycles. The predicted octanol–water partition coefficient (Wildman–Crippen LogP) is 0.413. The third-order valence-corrected chi connectivity index (χ3v) is 4.24. The molecular weight excluding hydrogens is 259 g/mol. The Morgan fingerprint density at radius 1 is 1.61 bits per heavy atom. The molecule has 8 heteroatoms. The predicted molar refractivity (Wildman–Crippen MR) is 65.1 cm³/mol. The van der Waals surface area contributed by atoms with Gasteiger partial charge in [-0.2, -0.15) is 0 Å². The van der Waals surface area contributed by atoms with Gasteiger partial charge in [0.2, 0.25) is 10.0 Å². The zero-order valence-electron chi connectivity index (χ0n) is 10.1. The molecule has 0 aliphatic rings. The van der Waals surface area contributed by atoms with Gasteiger partial charge >= 0.3 is 0 Å². The first kappa shape index (κ1) is 14.5. The topological polar surface area (TPSA) is 100 Å². The fourth-order valence-electron chi connectivity index (χ4n) is 1.30. The summed E-state index contributed by atoms with van der Waals surface area (Å²) in [5, 5.41) is 7.22. The monoisotopic (exact) mass is 274 g/mol. The van der Waals surface area contributed by atoms with Crippen molar-refractivity contribution in [2.75, 3.05) is 13.6 Å². The Hall–Kier alpha value is -1.54. The third-order valence-electron chi connectivity index (χ3n) is 2.45. The number of amidine groups is 1. The molecule has 3 N–H and O–H groups in total. The van der Waals surface area contributed by atoms with E-state index in [1.165, 1.54) is 7.05 Å². The van der Waals surface area contributed by atoms with Crippen LogP contribution in [0, 0.1) is 17.1 Å². The van der Waals surface area contributed by atoms with E-state index in [-0.39, 0.29) is 17.3 Å². The van der Waals surface area contributed by atoms with Crippen molar-refractivity contribution in [3.8, 4) is 0 Å². The number of nitrogens with one attached hydrogen (secondary N) is 1. The molecule has 6 nitrogen and oxygen atoms in total. The molecule has 0 spiro atoms. The number of halogens is 1. The van der Waals surface area contributed by atoms with Crippen LogP contribution in [0.5, 0.6) is 0 Å². The van der Waals surface area contributed by atoms with Crippen LogP contribution < -0.4 is 5.73 Å². The molecule has 0 amide bonds. The first-order valence-corrected chi connectivity index (χ1v) is 6.60. The molecule has 0 saturated heterocycles. The van der Waals surface area contributed by atoms with Crippen LogP contribution in [0.25, 0.3) is 0 Å². The maximum absolute atomic E-state index is 13.0. The molecule has 1 atom stereocenters. The quantitative estimate of drug-likeness (QED) is 0.600. The molecule has 0 bridgehead atoms. The van der Waals surface area contributed by atoms with Crippen molar-refractivity contribution >= 4 is 15.9 Å². The lowest BCUT2D eigenvalue weighted by Crippen LogP contribution is -2.35. The number of hydrogen-bond acceptors (Lipinski definition) is 4. The van der Waals surface area contributed by atoms with Crippen molar-refractivity contribution in [2.45, 2.75) is 11.8 Å². The largest absolute Gasteiger partial charge is 0.387 e. The average Bonchev–Trinajstić information content (AvgIpc) is 2.28. The Morgan fingerprint density at radius 3 is 2.72 bits per heavy atom. The van der Waals surface area contributed by atoms with Crippen LogP contribution in [-0.4, -0.2) is 37.1 Å². The fourth-order valence-corrected chi connectivity index (χ4v) is 2.53. The highest BCUT2D eigenvalue weighted by atomic mass is 32.2. The molecule has 1 rings (SSSR count). The molecular formula is C10H15FN4O2S. The minimum Gasteiger partial charge on any atom is -0.387 e. The lowest BCUT2D eigenvalue weighted by Gasteiger charge is -2.20. The van der Waals surface area contributed by atoms with Gasteiger partial charge in [0, 0.05) is 25.7 Å². The molecule has 18 heavy (non-hydrogen) atoms. The first-order chi connectivity index (χ1) is 8.25. The molecule has 0 aliphatic heterocycles. The summed E-state index contributed by atoms with van der Waals surface area (Å²) in [6.45, 7) is 1.69. The number of nitrogens with two attached hydrogens (primary N) is 1. The van der Waals surface area contributed by atoms with Gasteiger partial charge in [0.25, 0.3) is 0 Å². The van der Waals surface area contributed by atoms with Gasteiger partial charge in [-0.05, 0) is 6.07 Å². The van der Waals surface area contributed by atoms with E-state index in [1.807, 2.05) is 0 Å². The molecule has 100 valence electrons. The highest BCUT2D eigenvalue weighted by Crippen LogP contribution is 2.15. The highest BCUT2D eigenvalue weighted by Gasteiger charge is 2.23. The minimum absolute atomic E-state index is 0.0498. The van der Waals surface area contributed by atoms with E-state index >= 15 is 0 Å². The van der Waals surface area contributed by atoms with E-state index in [2.05, 4.69) is 4.98 Å². The first-order valence-electron chi connectivity index (χ1n) is 5.16. The van der Waals surface area contributed by atoms with Crippen molar-refractivity contribution in [2.24, 2.45) is 11.7 Å². The molecule has 0 fully saturated rings. The van der Waals surface area contributed by atoms with Gasteiger partial charge in [-0.25, -0.2) is 17.1 Å². The van der Waals surface area contributed by atoms with Crippen LogP contribution in [0.1, 0.15) is 6.92 Å². The summed E-state index contributed by atoms with van der Waals surface area (Å²) in [5.41, 5.74) is 5.28. The lowest BCUT2D eigenvalue weighted by atomic mass is 10.2. The smallest absolute Gasteiger partial charge is 0.244 e. The van der Waals surface area contributed by atoms with Gasteiger partial charge in [0.15, 0.2) is 0 Å². The maximum atomic E-state index is 13.0. The van der Waals surface area contributed by atoms with E-state index < -0.39 is 21.8 Å². The summed E-state index contributed by atoms with van der Waals surface area (Å²) in [5.74, 6) is -1.23. The van der Waals surface area contributed by atoms with E-state index in [4.69, 9.17) is 11.1 Å². The van der Waals surface area contributed by atoms with Crippen LogP contribution in [0.15, 0.2) is 23.4 Å². The van der Waals surface area contributed by atoms with Crippen LogP contribution in [0.4, 0.5) is 4.39 Å². The number of rotatable bonds is 5. The van der Waals surface area contributed by atoms with Crippen molar-refractivity contribution in [1.82, 2.24) is 9.29 Å². The summed E-state index contributed by atoms with van der Waals surface area (Å²) >= 11 is 0. The van der Waals surface area contributed by atoms with Gasteiger partial charge < -0.3 is 5.73 Å². The Balaban J connectivity index is 2.97. The molecule has 1 unspecified atom stereocenters. The van der Waals surface area contributed by atoms with Gasteiger partial charge in [-0.15, -0.1) is 0 Å². The normalized spacial score (nSPS) is 13.6. The van der Waals surface area contributed by atoms with Crippen LogP contribution in [0.3, 0.4) is 0 Å². The Labute approximate surface area is 105 Å². The Morgan fingerprint density at radius 2 is 2.22 bits per heavy atom. The summed E-state index contributed by atoms with van der Waals surface area (Å²) < 4.78 is 38.1. The average molecular weight is 274 g/mol. The summed E-state index contributed by atoms with van der Waals surface area (Å²) in [6, 6.07) is 0.900. The maximum Gasteiger partial charge on any atom is 0.244 e. The minimum atomic E-state index is -3.81. The molecule has 0 saturated carbocycles. The van der Waals surface area contributed by atoms with Crippen LogP contribution in [0.2, 0.25) is 0 Å². The Bertz CT molecular complexity index is 547. The van der Waals surface area contributed by atoms with Gasteiger partial charge in [0.1, 0.15) is 10.7 Å². The summed E-state index contributed by atoms with van der Waals surface area (Å²) in [4.78, 5) is 3.28. The van der Waals surface area contributed by atoms with Crippen molar-refractivity contribution in [3.63, 3.8) is 0 Å². The van der Waals surface area contributed by atoms with E-state index in [0.717, 1.165) is 22.8 Å². The zero-order valence-corrected chi connectivity index (χ0v) is 10.9. The SMILES string of the molecule is CC(CN(C)S(=O)(=O)c1cncc(F)c1)C(=N)N. The molecule has 1 aromatic heterocycles. The second-order valence-electron chi connectivity index (χ2n) is 3.98. The number of sulfonamides is 1. The fraction of sp³-hybridized carbons (Fsp3) is 0.400. The lowest BCUT2D eigenvalue weighted by molar-refractivity contribution is 0.442. The molecule has 0 aromatic carbocycles. The van der Waals surface area contributed by atoms with E-state index in [9.17, 15) is 12.8 Å². The van der Waals surface area contributed by atoms with E-state index in [0.29, 0.717) is 0 Å². The Kier molecular flexibility index (Phi) is 4.36.